The van der Waals surface area contributed by atoms with Crippen molar-refractivity contribution in [2.45, 2.75) is 46.8 Å². The molecule has 0 heterocycles. The monoisotopic (exact) mass is 313 g/mol. The van der Waals surface area contributed by atoms with Gasteiger partial charge in [-0.2, -0.15) is 0 Å². The summed E-state index contributed by atoms with van der Waals surface area (Å²) in [5, 5.41) is 4.06. The summed E-state index contributed by atoms with van der Waals surface area (Å²) in [6.45, 7) is 13.2. The highest BCUT2D eigenvalue weighted by Gasteiger charge is 2.11. The van der Waals surface area contributed by atoms with E-state index in [1.807, 2.05) is 39.0 Å². The fourth-order valence-corrected chi connectivity index (χ4v) is 2.09. The third kappa shape index (κ3) is 7.70. The Bertz CT molecular complexity index is 427. The molecule has 4 heteroatoms. The van der Waals surface area contributed by atoms with Crippen molar-refractivity contribution < 1.29 is 9.47 Å². The van der Waals surface area contributed by atoms with Gasteiger partial charge in [0.1, 0.15) is 12.4 Å². The molecule has 1 rings (SSSR count). The van der Waals surface area contributed by atoms with Crippen LogP contribution in [0.15, 0.2) is 18.2 Å². The number of nitrogens with one attached hydrogen (secondary N) is 1. The molecule has 0 spiro atoms. The number of rotatable bonds is 8. The molecule has 120 valence electrons. The van der Waals surface area contributed by atoms with Gasteiger partial charge in [-0.3, -0.25) is 0 Å². The summed E-state index contributed by atoms with van der Waals surface area (Å²) in [6, 6.07) is 5.85. The Balaban J connectivity index is 2.55. The van der Waals surface area contributed by atoms with Gasteiger partial charge in [0, 0.05) is 12.1 Å². The minimum absolute atomic E-state index is 0.147. The van der Waals surface area contributed by atoms with E-state index in [-0.39, 0.29) is 5.60 Å². The zero-order valence-corrected chi connectivity index (χ0v) is 14.6. The highest BCUT2D eigenvalue weighted by Crippen LogP contribution is 2.28. The Morgan fingerprint density at radius 3 is 2.52 bits per heavy atom. The molecule has 0 saturated carbocycles. The molecule has 0 radical (unpaired) electrons. The normalized spacial score (nSPS) is 12.0. The fourth-order valence-electron chi connectivity index (χ4n) is 1.84. The largest absolute Gasteiger partial charge is 0.489 e. The molecule has 1 aromatic rings. The van der Waals surface area contributed by atoms with E-state index in [0.717, 1.165) is 24.4 Å². The molecule has 0 aliphatic heterocycles. The van der Waals surface area contributed by atoms with E-state index < -0.39 is 0 Å². The summed E-state index contributed by atoms with van der Waals surface area (Å²) >= 11 is 6.25. The molecule has 0 aliphatic carbocycles. The van der Waals surface area contributed by atoms with Gasteiger partial charge in [0.05, 0.1) is 17.2 Å². The predicted molar refractivity (Wildman–Crippen MR) is 89.2 cm³/mol. The molecule has 0 aliphatic rings. The Kier molecular flexibility index (Phi) is 7.50. The Morgan fingerprint density at radius 2 is 1.90 bits per heavy atom. The van der Waals surface area contributed by atoms with Crippen LogP contribution in [0.4, 0.5) is 0 Å². The Morgan fingerprint density at radius 1 is 1.19 bits per heavy atom. The first-order chi connectivity index (χ1) is 9.79. The number of halogens is 1. The van der Waals surface area contributed by atoms with Gasteiger partial charge in [-0.15, -0.1) is 0 Å². The lowest BCUT2D eigenvalue weighted by atomic mass is 10.2. The maximum atomic E-state index is 6.25. The van der Waals surface area contributed by atoms with Crippen molar-refractivity contribution >= 4 is 11.6 Å². The molecule has 1 N–H and O–H groups in total. The van der Waals surface area contributed by atoms with Gasteiger partial charge in [-0.25, -0.2) is 0 Å². The minimum atomic E-state index is -0.147. The topological polar surface area (TPSA) is 30.5 Å². The van der Waals surface area contributed by atoms with Crippen molar-refractivity contribution in [1.82, 2.24) is 5.32 Å². The molecule has 0 atom stereocenters. The smallest absolute Gasteiger partial charge is 0.142 e. The second-order valence-corrected chi connectivity index (χ2v) is 6.97. The molecule has 21 heavy (non-hydrogen) atoms. The van der Waals surface area contributed by atoms with Crippen LogP contribution in [-0.4, -0.2) is 25.4 Å². The third-order valence-corrected chi connectivity index (χ3v) is 3.08. The lowest BCUT2D eigenvalue weighted by Crippen LogP contribution is -2.23. The maximum absolute atomic E-state index is 6.25. The van der Waals surface area contributed by atoms with Crippen LogP contribution < -0.4 is 10.1 Å². The van der Waals surface area contributed by atoms with Crippen LogP contribution in [0.2, 0.25) is 5.02 Å². The Hall–Kier alpha value is -0.770. The van der Waals surface area contributed by atoms with E-state index in [1.54, 1.807) is 0 Å². The van der Waals surface area contributed by atoms with E-state index in [4.69, 9.17) is 21.1 Å². The van der Waals surface area contributed by atoms with Crippen molar-refractivity contribution in [2.75, 3.05) is 19.8 Å². The molecule has 0 bridgehead atoms. The predicted octanol–water partition coefficient (Wildman–Crippen LogP) is 4.28. The maximum Gasteiger partial charge on any atom is 0.142 e. The summed E-state index contributed by atoms with van der Waals surface area (Å²) in [5.41, 5.74) is 0.935. The van der Waals surface area contributed by atoms with Gasteiger partial charge < -0.3 is 14.8 Å². The molecule has 0 fully saturated rings. The molecule has 0 saturated heterocycles. The Labute approximate surface area is 134 Å². The van der Waals surface area contributed by atoms with Crippen molar-refractivity contribution in [3.05, 3.63) is 28.8 Å². The summed E-state index contributed by atoms with van der Waals surface area (Å²) in [5.74, 6) is 1.38. The van der Waals surface area contributed by atoms with Gasteiger partial charge in [0.15, 0.2) is 0 Å². The van der Waals surface area contributed by atoms with Crippen LogP contribution in [0.1, 0.15) is 40.2 Å². The van der Waals surface area contributed by atoms with Gasteiger partial charge in [-0.05, 0) is 39.3 Å². The standard InChI is InChI=1S/C17H28ClNO2/c1-13(2)11-19-12-14-7-6-8-15(18)16(14)20-9-10-21-17(3,4)5/h6-8,13,19H,9-12H2,1-5H3. The highest BCUT2D eigenvalue weighted by atomic mass is 35.5. The lowest BCUT2D eigenvalue weighted by Gasteiger charge is -2.20. The summed E-state index contributed by atoms with van der Waals surface area (Å²) in [7, 11) is 0. The first kappa shape index (κ1) is 18.3. The van der Waals surface area contributed by atoms with Gasteiger partial charge in [-0.1, -0.05) is 37.6 Å². The van der Waals surface area contributed by atoms with Crippen LogP contribution >= 0.6 is 11.6 Å². The van der Waals surface area contributed by atoms with Crippen molar-refractivity contribution in [3.8, 4) is 5.75 Å². The molecule has 1 aromatic carbocycles. The minimum Gasteiger partial charge on any atom is -0.489 e. The SMILES string of the molecule is CC(C)CNCc1cccc(Cl)c1OCCOC(C)(C)C. The van der Waals surface area contributed by atoms with Crippen molar-refractivity contribution in [1.29, 1.82) is 0 Å². The molecule has 0 aromatic heterocycles. The summed E-state index contributed by atoms with van der Waals surface area (Å²) in [4.78, 5) is 0. The van der Waals surface area contributed by atoms with Gasteiger partial charge in [0.2, 0.25) is 0 Å². The van der Waals surface area contributed by atoms with Gasteiger partial charge in [0.25, 0.3) is 0 Å². The number of ether oxygens (including phenoxy) is 2. The quantitative estimate of drug-likeness (QED) is 0.727. The van der Waals surface area contributed by atoms with Gasteiger partial charge >= 0.3 is 0 Å². The van der Waals surface area contributed by atoms with E-state index in [9.17, 15) is 0 Å². The zero-order valence-electron chi connectivity index (χ0n) is 13.8. The first-order valence-corrected chi connectivity index (χ1v) is 7.92. The van der Waals surface area contributed by atoms with Crippen molar-refractivity contribution in [2.24, 2.45) is 5.92 Å². The fraction of sp³-hybridized carbons (Fsp3) is 0.647. The molecular weight excluding hydrogens is 286 g/mol. The second-order valence-electron chi connectivity index (χ2n) is 6.56. The molecule has 3 nitrogen and oxygen atoms in total. The van der Waals surface area contributed by atoms with Crippen LogP contribution in [-0.2, 0) is 11.3 Å². The third-order valence-electron chi connectivity index (χ3n) is 2.78. The lowest BCUT2D eigenvalue weighted by molar-refractivity contribution is -0.0163. The van der Waals surface area contributed by atoms with E-state index >= 15 is 0 Å². The van der Waals surface area contributed by atoms with Crippen LogP contribution in [0.3, 0.4) is 0 Å². The number of hydrogen-bond acceptors (Lipinski definition) is 3. The first-order valence-electron chi connectivity index (χ1n) is 7.54. The van der Waals surface area contributed by atoms with Crippen LogP contribution in [0.5, 0.6) is 5.75 Å². The zero-order chi connectivity index (χ0) is 15.9. The highest BCUT2D eigenvalue weighted by molar-refractivity contribution is 6.32. The van der Waals surface area contributed by atoms with Crippen LogP contribution in [0, 0.1) is 5.92 Å². The molecule has 0 amide bonds. The number of para-hydroxylation sites is 1. The number of hydrogen-bond donors (Lipinski definition) is 1. The average Bonchev–Trinajstić information content (AvgIpc) is 2.35. The van der Waals surface area contributed by atoms with E-state index in [0.29, 0.717) is 24.2 Å². The summed E-state index contributed by atoms with van der Waals surface area (Å²) in [6.07, 6.45) is 0. The molecular formula is C17H28ClNO2. The second kappa shape index (κ2) is 8.62. The van der Waals surface area contributed by atoms with Crippen molar-refractivity contribution in [3.63, 3.8) is 0 Å². The van der Waals surface area contributed by atoms with E-state index in [1.165, 1.54) is 0 Å². The van der Waals surface area contributed by atoms with Crippen LogP contribution in [0.25, 0.3) is 0 Å². The average molecular weight is 314 g/mol. The summed E-state index contributed by atoms with van der Waals surface area (Å²) < 4.78 is 11.5. The van der Waals surface area contributed by atoms with E-state index in [2.05, 4.69) is 19.2 Å². The molecule has 0 unspecified atom stereocenters. The number of benzene rings is 1.